The van der Waals surface area contributed by atoms with E-state index in [9.17, 15) is 4.79 Å². The summed E-state index contributed by atoms with van der Waals surface area (Å²) in [5.74, 6) is 0.586. The van der Waals surface area contributed by atoms with Gasteiger partial charge in [-0.1, -0.05) is 17.7 Å². The lowest BCUT2D eigenvalue weighted by molar-refractivity contribution is -0.146. The summed E-state index contributed by atoms with van der Waals surface area (Å²) in [4.78, 5) is 14.0. The molecule has 1 aromatic carbocycles. The molecule has 0 amide bonds. The molecule has 0 radical (unpaired) electrons. The van der Waals surface area contributed by atoms with E-state index in [1.54, 1.807) is 7.11 Å². The van der Waals surface area contributed by atoms with Gasteiger partial charge in [-0.15, -0.1) is 0 Å². The predicted octanol–water partition coefficient (Wildman–Crippen LogP) is 2.73. The Bertz CT molecular complexity index is 471. The van der Waals surface area contributed by atoms with E-state index in [4.69, 9.17) is 9.47 Å². The molecule has 1 aromatic rings. The Morgan fingerprint density at radius 3 is 2.50 bits per heavy atom. The van der Waals surface area contributed by atoms with Crippen LogP contribution < -0.4 is 4.74 Å². The molecule has 0 aliphatic rings. The third-order valence-corrected chi connectivity index (χ3v) is 3.72. The molecule has 112 valence electrons. The fourth-order valence-corrected chi connectivity index (χ4v) is 2.23. The maximum absolute atomic E-state index is 11.9. The zero-order valence-corrected chi connectivity index (χ0v) is 13.3. The number of carbonyl (C=O) groups excluding carboxylic acids is 1. The van der Waals surface area contributed by atoms with Crippen molar-refractivity contribution in [3.05, 3.63) is 29.3 Å². The summed E-state index contributed by atoms with van der Waals surface area (Å²) >= 11 is 0. The average molecular weight is 279 g/mol. The summed E-state index contributed by atoms with van der Waals surface area (Å²) in [6.45, 7) is 6.27. The molecular weight excluding hydrogens is 254 g/mol. The first-order valence-corrected chi connectivity index (χ1v) is 6.83. The molecule has 0 bridgehead atoms. The second-order valence-electron chi connectivity index (χ2n) is 5.35. The van der Waals surface area contributed by atoms with Crippen LogP contribution >= 0.6 is 0 Å². The number of esters is 1. The molecule has 0 heterocycles. The van der Waals surface area contributed by atoms with Gasteiger partial charge < -0.3 is 9.47 Å². The van der Waals surface area contributed by atoms with Gasteiger partial charge in [0.25, 0.3) is 0 Å². The third kappa shape index (κ3) is 3.51. The van der Waals surface area contributed by atoms with Gasteiger partial charge in [0.2, 0.25) is 0 Å². The Balaban J connectivity index is 3.25. The molecule has 0 N–H and O–H groups in total. The lowest BCUT2D eigenvalue weighted by Crippen LogP contribution is -2.41. The molecule has 1 unspecified atom stereocenters. The maximum Gasteiger partial charge on any atom is 0.308 e. The van der Waals surface area contributed by atoms with Gasteiger partial charge in [0.15, 0.2) is 0 Å². The van der Waals surface area contributed by atoms with Crippen LogP contribution in [0.4, 0.5) is 0 Å². The number of nitrogens with zero attached hydrogens (tertiary/aromatic N) is 1. The molecule has 4 nitrogen and oxygen atoms in total. The van der Waals surface area contributed by atoms with Crippen LogP contribution in [0.2, 0.25) is 0 Å². The number of rotatable bonds is 6. The van der Waals surface area contributed by atoms with Gasteiger partial charge in [0.1, 0.15) is 5.75 Å². The Labute approximate surface area is 121 Å². The number of ether oxygens (including phenoxy) is 2. The Morgan fingerprint density at radius 1 is 1.35 bits per heavy atom. The van der Waals surface area contributed by atoms with Crippen LogP contribution in [0, 0.1) is 6.92 Å². The molecule has 0 fully saturated rings. The van der Waals surface area contributed by atoms with Gasteiger partial charge >= 0.3 is 5.97 Å². The Kier molecular flexibility index (Phi) is 5.57. The van der Waals surface area contributed by atoms with Crippen molar-refractivity contribution in [2.75, 3.05) is 27.8 Å². The number of aryl methyl sites for hydroxylation is 1. The van der Waals surface area contributed by atoms with E-state index in [0.717, 1.165) is 16.9 Å². The molecule has 0 saturated heterocycles. The van der Waals surface area contributed by atoms with Crippen molar-refractivity contribution in [1.82, 2.24) is 4.90 Å². The number of hydrogen-bond donors (Lipinski definition) is 0. The summed E-state index contributed by atoms with van der Waals surface area (Å²) in [5, 5.41) is 0. The normalized spacial score (nSPS) is 13.9. The second-order valence-corrected chi connectivity index (χ2v) is 5.35. The zero-order chi connectivity index (χ0) is 15.3. The fraction of sp³-hybridized carbons (Fsp3) is 0.562. The molecule has 0 aliphatic carbocycles. The van der Waals surface area contributed by atoms with Gasteiger partial charge in [0.05, 0.1) is 25.7 Å². The van der Waals surface area contributed by atoms with Crippen LogP contribution in [0.3, 0.4) is 0 Å². The van der Waals surface area contributed by atoms with Crippen molar-refractivity contribution in [2.24, 2.45) is 0 Å². The van der Waals surface area contributed by atoms with E-state index >= 15 is 0 Å². The molecule has 1 rings (SSSR count). The van der Waals surface area contributed by atoms with Crippen LogP contribution in [0.5, 0.6) is 5.75 Å². The smallest absolute Gasteiger partial charge is 0.308 e. The highest BCUT2D eigenvalue weighted by Gasteiger charge is 2.35. The highest BCUT2D eigenvalue weighted by molar-refractivity contribution is 5.71. The van der Waals surface area contributed by atoms with Gasteiger partial charge in [-0.2, -0.15) is 0 Å². The van der Waals surface area contributed by atoms with Crippen LogP contribution in [-0.4, -0.2) is 38.7 Å². The molecule has 0 aliphatic heterocycles. The van der Waals surface area contributed by atoms with Crippen molar-refractivity contribution >= 4 is 5.97 Å². The minimum absolute atomic E-state index is 0.202. The van der Waals surface area contributed by atoms with Crippen LogP contribution in [0.1, 0.15) is 31.4 Å². The summed E-state index contributed by atoms with van der Waals surface area (Å²) < 4.78 is 10.6. The molecular formula is C16H25NO3. The minimum atomic E-state index is -0.469. The summed E-state index contributed by atoms with van der Waals surface area (Å²) in [5.41, 5.74) is 1.67. The number of methoxy groups -OCH3 is 1. The molecule has 0 aromatic heterocycles. The van der Waals surface area contributed by atoms with E-state index in [1.165, 1.54) is 0 Å². The lowest BCUT2D eigenvalue weighted by atomic mass is 9.85. The highest BCUT2D eigenvalue weighted by atomic mass is 16.5. The van der Waals surface area contributed by atoms with Crippen LogP contribution in [0.15, 0.2) is 18.2 Å². The zero-order valence-electron chi connectivity index (χ0n) is 13.3. The van der Waals surface area contributed by atoms with E-state index in [0.29, 0.717) is 6.61 Å². The quantitative estimate of drug-likeness (QED) is 0.751. The summed E-state index contributed by atoms with van der Waals surface area (Å²) in [6.07, 6.45) is 0.285. The van der Waals surface area contributed by atoms with Gasteiger partial charge in [-0.05, 0) is 40.9 Å². The number of benzene rings is 1. The van der Waals surface area contributed by atoms with Crippen LogP contribution in [0.25, 0.3) is 0 Å². The molecule has 0 spiro atoms. The monoisotopic (exact) mass is 279 g/mol. The highest BCUT2D eigenvalue weighted by Crippen LogP contribution is 2.37. The van der Waals surface area contributed by atoms with E-state index < -0.39 is 5.54 Å². The van der Waals surface area contributed by atoms with E-state index in [-0.39, 0.29) is 12.4 Å². The largest absolute Gasteiger partial charge is 0.496 e. The molecule has 20 heavy (non-hydrogen) atoms. The first-order chi connectivity index (χ1) is 9.35. The Hall–Kier alpha value is -1.55. The predicted molar refractivity (Wildman–Crippen MR) is 80.0 cm³/mol. The van der Waals surface area contributed by atoms with Crippen molar-refractivity contribution < 1.29 is 14.3 Å². The maximum atomic E-state index is 11.9. The van der Waals surface area contributed by atoms with E-state index in [2.05, 4.69) is 6.07 Å². The van der Waals surface area contributed by atoms with Crippen LogP contribution in [-0.2, 0) is 15.1 Å². The van der Waals surface area contributed by atoms with Gasteiger partial charge in [-0.3, -0.25) is 9.69 Å². The summed E-state index contributed by atoms with van der Waals surface area (Å²) in [7, 11) is 5.57. The first-order valence-electron chi connectivity index (χ1n) is 6.83. The Morgan fingerprint density at radius 2 is 2.00 bits per heavy atom. The van der Waals surface area contributed by atoms with Crippen molar-refractivity contribution in [2.45, 2.75) is 32.7 Å². The summed E-state index contributed by atoms with van der Waals surface area (Å²) in [6, 6.07) is 6.01. The topological polar surface area (TPSA) is 38.8 Å². The fourth-order valence-electron chi connectivity index (χ4n) is 2.23. The van der Waals surface area contributed by atoms with Gasteiger partial charge in [0, 0.05) is 5.56 Å². The lowest BCUT2D eigenvalue weighted by Gasteiger charge is -2.37. The average Bonchev–Trinajstić information content (AvgIpc) is 2.38. The standard InChI is InChI=1S/C16H25NO3/c1-7-20-15(18)11-16(3,17(4)5)13-10-12(2)8-9-14(13)19-6/h8-10H,7,11H2,1-6H3. The molecule has 4 heteroatoms. The van der Waals surface area contributed by atoms with Crippen molar-refractivity contribution in [3.63, 3.8) is 0 Å². The number of carbonyl (C=O) groups is 1. The first kappa shape index (κ1) is 16.5. The SMILES string of the molecule is CCOC(=O)CC(C)(c1cc(C)ccc1OC)N(C)C. The van der Waals surface area contributed by atoms with Gasteiger partial charge in [-0.25, -0.2) is 0 Å². The van der Waals surface area contributed by atoms with Crippen molar-refractivity contribution in [1.29, 1.82) is 0 Å². The molecule has 1 atom stereocenters. The minimum Gasteiger partial charge on any atom is -0.496 e. The number of hydrogen-bond acceptors (Lipinski definition) is 4. The second kappa shape index (κ2) is 6.75. The van der Waals surface area contributed by atoms with Crippen molar-refractivity contribution in [3.8, 4) is 5.75 Å². The molecule has 0 saturated carbocycles. The van der Waals surface area contributed by atoms with E-state index in [1.807, 2.05) is 51.9 Å². The third-order valence-electron chi connectivity index (χ3n) is 3.72.